The third kappa shape index (κ3) is 1.90. The Morgan fingerprint density at radius 1 is 1.50 bits per heavy atom. The van der Waals surface area contributed by atoms with Crippen molar-refractivity contribution in [1.82, 2.24) is 19.7 Å². The summed E-state index contributed by atoms with van der Waals surface area (Å²) in [7, 11) is 1.93. The van der Waals surface area contributed by atoms with Gasteiger partial charge in [0, 0.05) is 32.4 Å². The Labute approximate surface area is 81.0 Å². The second-order valence-electron chi connectivity index (χ2n) is 2.89. The molecule has 2 rings (SSSR count). The molecule has 0 atom stereocenters. The Morgan fingerprint density at radius 2 is 2.43 bits per heavy atom. The van der Waals surface area contributed by atoms with Crippen molar-refractivity contribution in [2.75, 3.05) is 11.9 Å². The Bertz CT molecular complexity index is 380. The molecule has 0 spiro atoms. The maximum absolute atomic E-state index is 4.62. The van der Waals surface area contributed by atoms with Crippen LogP contribution in [0.2, 0.25) is 0 Å². The van der Waals surface area contributed by atoms with Gasteiger partial charge in [0.15, 0.2) is 5.82 Å². The lowest BCUT2D eigenvalue weighted by atomic mass is 10.4. The lowest BCUT2D eigenvalue weighted by Crippen LogP contribution is -2.09. The molecular weight excluding hydrogens is 182 g/mol. The van der Waals surface area contributed by atoms with Crippen molar-refractivity contribution in [2.24, 2.45) is 7.05 Å². The van der Waals surface area contributed by atoms with Crippen molar-refractivity contribution < 1.29 is 4.52 Å². The van der Waals surface area contributed by atoms with Gasteiger partial charge < -0.3 is 14.4 Å². The Balaban J connectivity index is 1.81. The fraction of sp³-hybridized carbons (Fsp3) is 0.375. The summed E-state index contributed by atoms with van der Waals surface area (Å²) >= 11 is 0. The van der Waals surface area contributed by atoms with Crippen LogP contribution in [0.5, 0.6) is 0 Å². The summed E-state index contributed by atoms with van der Waals surface area (Å²) in [4.78, 5) is 8.03. The van der Waals surface area contributed by atoms with Crippen LogP contribution in [0.1, 0.15) is 5.82 Å². The molecule has 0 bridgehead atoms. The number of aromatic nitrogens is 4. The second kappa shape index (κ2) is 3.91. The molecule has 2 aromatic heterocycles. The lowest BCUT2D eigenvalue weighted by Gasteiger charge is -2.03. The van der Waals surface area contributed by atoms with E-state index in [9.17, 15) is 0 Å². The first kappa shape index (κ1) is 8.74. The van der Waals surface area contributed by atoms with E-state index in [0.717, 1.165) is 18.9 Å². The topological polar surface area (TPSA) is 68.8 Å². The minimum Gasteiger partial charge on any atom is -0.355 e. The molecule has 6 nitrogen and oxygen atoms in total. The molecule has 14 heavy (non-hydrogen) atoms. The van der Waals surface area contributed by atoms with E-state index in [1.54, 1.807) is 6.20 Å². The highest BCUT2D eigenvalue weighted by molar-refractivity contribution is 5.25. The summed E-state index contributed by atoms with van der Waals surface area (Å²) in [6, 6.07) is 0. The van der Waals surface area contributed by atoms with Crippen LogP contribution >= 0.6 is 0 Å². The van der Waals surface area contributed by atoms with Gasteiger partial charge in [-0.05, 0) is 0 Å². The standard InChI is InChI=1S/C8H11N5O/c1-13-5-4-10-8(13)9-3-2-7-11-6-14-12-7/h4-6H,2-3H2,1H3,(H,9,10). The number of imidazole rings is 1. The molecule has 0 radical (unpaired) electrons. The van der Waals surface area contributed by atoms with Gasteiger partial charge in [0.05, 0.1) is 0 Å². The van der Waals surface area contributed by atoms with Crippen LogP contribution < -0.4 is 5.32 Å². The molecule has 0 fully saturated rings. The van der Waals surface area contributed by atoms with Crippen LogP contribution in [-0.4, -0.2) is 26.2 Å². The number of hydrogen-bond acceptors (Lipinski definition) is 5. The third-order valence-corrected chi connectivity index (χ3v) is 1.86. The first-order valence-electron chi connectivity index (χ1n) is 4.32. The van der Waals surface area contributed by atoms with Crippen LogP contribution in [0, 0.1) is 0 Å². The molecule has 0 unspecified atom stereocenters. The molecule has 1 N–H and O–H groups in total. The fourth-order valence-electron chi connectivity index (χ4n) is 1.12. The van der Waals surface area contributed by atoms with E-state index in [-0.39, 0.29) is 0 Å². The number of anilines is 1. The summed E-state index contributed by atoms with van der Waals surface area (Å²) in [5.74, 6) is 1.54. The lowest BCUT2D eigenvalue weighted by molar-refractivity contribution is 0.410. The molecule has 0 aliphatic rings. The Kier molecular flexibility index (Phi) is 2.44. The number of rotatable bonds is 4. The molecule has 0 aromatic carbocycles. The average Bonchev–Trinajstić information content (AvgIpc) is 2.78. The average molecular weight is 193 g/mol. The van der Waals surface area contributed by atoms with Gasteiger partial charge in [0.2, 0.25) is 12.3 Å². The minimum absolute atomic E-state index is 0.701. The Morgan fingerprint density at radius 3 is 3.07 bits per heavy atom. The monoisotopic (exact) mass is 193 g/mol. The smallest absolute Gasteiger partial charge is 0.213 e. The summed E-state index contributed by atoms with van der Waals surface area (Å²) in [5.41, 5.74) is 0. The van der Waals surface area contributed by atoms with Gasteiger partial charge in [-0.15, -0.1) is 0 Å². The molecule has 6 heteroatoms. The van der Waals surface area contributed by atoms with Crippen LogP contribution in [0.15, 0.2) is 23.3 Å². The van der Waals surface area contributed by atoms with Crippen molar-refractivity contribution in [2.45, 2.75) is 6.42 Å². The summed E-state index contributed by atoms with van der Waals surface area (Å²) in [6.45, 7) is 0.740. The van der Waals surface area contributed by atoms with Crippen molar-refractivity contribution >= 4 is 5.95 Å². The highest BCUT2D eigenvalue weighted by atomic mass is 16.5. The summed E-state index contributed by atoms with van der Waals surface area (Å²) < 4.78 is 6.53. The molecular formula is C8H11N5O. The number of aryl methyl sites for hydroxylation is 1. The van der Waals surface area contributed by atoms with Crippen LogP contribution in [0.25, 0.3) is 0 Å². The van der Waals surface area contributed by atoms with Crippen molar-refractivity contribution in [3.05, 3.63) is 24.6 Å². The van der Waals surface area contributed by atoms with E-state index >= 15 is 0 Å². The summed E-state index contributed by atoms with van der Waals surface area (Å²) in [5, 5.41) is 6.87. The van der Waals surface area contributed by atoms with E-state index in [1.165, 1.54) is 6.39 Å². The van der Waals surface area contributed by atoms with Gasteiger partial charge in [-0.3, -0.25) is 0 Å². The first-order chi connectivity index (χ1) is 6.86. The second-order valence-corrected chi connectivity index (χ2v) is 2.89. The zero-order valence-electron chi connectivity index (χ0n) is 7.84. The number of hydrogen-bond donors (Lipinski definition) is 1. The first-order valence-corrected chi connectivity index (χ1v) is 4.32. The normalized spacial score (nSPS) is 10.4. The predicted molar refractivity (Wildman–Crippen MR) is 49.7 cm³/mol. The molecule has 2 aromatic rings. The maximum Gasteiger partial charge on any atom is 0.213 e. The largest absolute Gasteiger partial charge is 0.355 e. The van der Waals surface area contributed by atoms with Crippen molar-refractivity contribution in [3.63, 3.8) is 0 Å². The molecule has 0 saturated heterocycles. The number of nitrogens with one attached hydrogen (secondary N) is 1. The van der Waals surface area contributed by atoms with Gasteiger partial charge in [-0.2, -0.15) is 4.98 Å². The predicted octanol–water partition coefficient (Wildman–Crippen LogP) is 0.458. The van der Waals surface area contributed by atoms with E-state index in [1.807, 2.05) is 17.8 Å². The zero-order chi connectivity index (χ0) is 9.80. The van der Waals surface area contributed by atoms with Gasteiger partial charge in [-0.25, -0.2) is 4.98 Å². The third-order valence-electron chi connectivity index (χ3n) is 1.86. The highest BCUT2D eigenvalue weighted by Gasteiger charge is 2.00. The maximum atomic E-state index is 4.62. The van der Waals surface area contributed by atoms with Crippen LogP contribution in [0.3, 0.4) is 0 Å². The van der Waals surface area contributed by atoms with Crippen LogP contribution in [0.4, 0.5) is 5.95 Å². The van der Waals surface area contributed by atoms with E-state index < -0.39 is 0 Å². The SMILES string of the molecule is Cn1ccnc1NCCc1ncon1. The molecule has 0 saturated carbocycles. The van der Waals surface area contributed by atoms with E-state index in [2.05, 4.69) is 25.0 Å². The molecule has 0 aliphatic heterocycles. The van der Waals surface area contributed by atoms with E-state index in [0.29, 0.717) is 5.82 Å². The van der Waals surface area contributed by atoms with Crippen LogP contribution in [-0.2, 0) is 13.5 Å². The zero-order valence-corrected chi connectivity index (χ0v) is 7.84. The van der Waals surface area contributed by atoms with E-state index in [4.69, 9.17) is 0 Å². The Hall–Kier alpha value is -1.85. The molecule has 74 valence electrons. The molecule has 0 amide bonds. The van der Waals surface area contributed by atoms with Crippen molar-refractivity contribution in [1.29, 1.82) is 0 Å². The van der Waals surface area contributed by atoms with Crippen molar-refractivity contribution in [3.8, 4) is 0 Å². The number of nitrogens with zero attached hydrogens (tertiary/aromatic N) is 4. The van der Waals surface area contributed by atoms with Gasteiger partial charge >= 0.3 is 0 Å². The molecule has 2 heterocycles. The van der Waals surface area contributed by atoms with Gasteiger partial charge in [-0.1, -0.05) is 5.16 Å². The minimum atomic E-state index is 0.701. The van der Waals surface area contributed by atoms with Gasteiger partial charge in [0.1, 0.15) is 0 Å². The van der Waals surface area contributed by atoms with Gasteiger partial charge in [0.25, 0.3) is 0 Å². The quantitative estimate of drug-likeness (QED) is 0.763. The molecule has 0 aliphatic carbocycles. The summed E-state index contributed by atoms with van der Waals surface area (Å²) in [6.07, 6.45) is 5.69. The highest BCUT2D eigenvalue weighted by Crippen LogP contribution is 2.00. The fourth-order valence-corrected chi connectivity index (χ4v) is 1.12.